The predicted octanol–water partition coefficient (Wildman–Crippen LogP) is 1.57. The summed E-state index contributed by atoms with van der Waals surface area (Å²) in [6.07, 6.45) is 0. The molecule has 2 rings (SSSR count). The molecule has 0 spiro atoms. The molecule has 6 heteroatoms. The molecule has 0 aliphatic rings. The van der Waals surface area contributed by atoms with Gasteiger partial charge in [-0.2, -0.15) is 4.98 Å². The normalized spacial score (nSPS) is 10.2. The number of aromatic carboxylic acids is 1. The molecule has 1 aromatic heterocycles. The van der Waals surface area contributed by atoms with E-state index in [0.717, 1.165) is 0 Å². The number of carboxylic acid groups (broad SMARTS) is 1. The van der Waals surface area contributed by atoms with Crippen molar-refractivity contribution in [3.05, 3.63) is 35.9 Å². The highest BCUT2D eigenvalue weighted by Gasteiger charge is 2.13. The van der Waals surface area contributed by atoms with E-state index in [1.54, 1.807) is 0 Å². The molecule has 0 aliphatic carbocycles. The molecule has 1 heterocycles. The number of hydrogen-bond donors (Lipinski definition) is 1. The quantitative estimate of drug-likeness (QED) is 0.810. The van der Waals surface area contributed by atoms with Gasteiger partial charge in [-0.3, -0.25) is 0 Å². The molecule has 1 N–H and O–H groups in total. The average Bonchev–Trinajstić information content (AvgIpc) is 2.68. The fourth-order valence-corrected chi connectivity index (χ4v) is 1.02. The number of hydrogen-bond acceptors (Lipinski definition) is 4. The van der Waals surface area contributed by atoms with Crippen LogP contribution in [-0.4, -0.2) is 21.2 Å². The van der Waals surface area contributed by atoms with Crippen LogP contribution in [-0.2, 0) is 0 Å². The summed E-state index contributed by atoms with van der Waals surface area (Å²) >= 11 is 0. The molecular weight excluding hydrogens is 203 g/mol. The smallest absolute Gasteiger partial charge is 0.377 e. The van der Waals surface area contributed by atoms with Crippen LogP contribution in [0.5, 0.6) is 0 Å². The summed E-state index contributed by atoms with van der Waals surface area (Å²) in [5.74, 6) is -2.04. The SMILES string of the molecule is O=C(O)c1noc(-c2ccc(F)cc2)n1. The maximum absolute atomic E-state index is 12.6. The van der Waals surface area contributed by atoms with Crippen LogP contribution < -0.4 is 0 Å². The third-order valence-corrected chi connectivity index (χ3v) is 1.71. The molecular formula is C9H5FN2O3. The second-order valence-electron chi connectivity index (χ2n) is 2.74. The molecule has 0 aliphatic heterocycles. The minimum atomic E-state index is -1.27. The lowest BCUT2D eigenvalue weighted by Crippen LogP contribution is -1.98. The van der Waals surface area contributed by atoms with E-state index in [0.29, 0.717) is 5.56 Å². The Hall–Kier alpha value is -2.24. The van der Waals surface area contributed by atoms with Gasteiger partial charge in [0.05, 0.1) is 0 Å². The summed E-state index contributed by atoms with van der Waals surface area (Å²) in [5, 5.41) is 11.8. The number of aromatic nitrogens is 2. The molecule has 0 saturated heterocycles. The highest BCUT2D eigenvalue weighted by Crippen LogP contribution is 2.17. The van der Waals surface area contributed by atoms with Crippen LogP contribution >= 0.6 is 0 Å². The second kappa shape index (κ2) is 3.49. The number of nitrogens with zero attached hydrogens (tertiary/aromatic N) is 2. The Balaban J connectivity index is 2.37. The number of halogens is 1. The van der Waals surface area contributed by atoms with Crippen LogP contribution in [0, 0.1) is 5.82 Å². The molecule has 0 radical (unpaired) electrons. The lowest BCUT2D eigenvalue weighted by molar-refractivity contribution is 0.0680. The fraction of sp³-hybridized carbons (Fsp3) is 0. The molecule has 0 unspecified atom stereocenters. The van der Waals surface area contributed by atoms with E-state index in [2.05, 4.69) is 14.7 Å². The lowest BCUT2D eigenvalue weighted by atomic mass is 10.2. The van der Waals surface area contributed by atoms with Crippen molar-refractivity contribution in [3.63, 3.8) is 0 Å². The zero-order chi connectivity index (χ0) is 10.8. The van der Waals surface area contributed by atoms with Gasteiger partial charge < -0.3 is 9.63 Å². The highest BCUT2D eigenvalue weighted by atomic mass is 19.1. The molecule has 5 nitrogen and oxygen atoms in total. The van der Waals surface area contributed by atoms with Crippen molar-refractivity contribution >= 4 is 5.97 Å². The number of rotatable bonds is 2. The predicted molar refractivity (Wildman–Crippen MR) is 46.7 cm³/mol. The Morgan fingerprint density at radius 2 is 2.00 bits per heavy atom. The Bertz CT molecular complexity index is 492. The summed E-state index contributed by atoms with van der Waals surface area (Å²) in [6, 6.07) is 5.29. The second-order valence-corrected chi connectivity index (χ2v) is 2.74. The zero-order valence-electron chi connectivity index (χ0n) is 7.35. The maximum Gasteiger partial charge on any atom is 0.377 e. The van der Waals surface area contributed by atoms with Crippen molar-refractivity contribution in [2.75, 3.05) is 0 Å². The van der Waals surface area contributed by atoms with E-state index >= 15 is 0 Å². The Labute approximate surface area is 83.2 Å². The van der Waals surface area contributed by atoms with E-state index < -0.39 is 17.6 Å². The highest BCUT2D eigenvalue weighted by molar-refractivity contribution is 5.83. The van der Waals surface area contributed by atoms with Gasteiger partial charge in [0.15, 0.2) is 0 Å². The monoisotopic (exact) mass is 208 g/mol. The standard InChI is InChI=1S/C9H5FN2O3/c10-6-3-1-5(2-4-6)8-11-7(9(13)14)12-15-8/h1-4H,(H,13,14). The maximum atomic E-state index is 12.6. The zero-order valence-corrected chi connectivity index (χ0v) is 7.35. The molecule has 0 fully saturated rings. The molecule has 0 saturated carbocycles. The van der Waals surface area contributed by atoms with Crippen LogP contribution in [0.3, 0.4) is 0 Å². The van der Waals surface area contributed by atoms with Crippen LogP contribution in [0.25, 0.3) is 11.5 Å². The van der Waals surface area contributed by atoms with Crippen molar-refractivity contribution in [2.45, 2.75) is 0 Å². The van der Waals surface area contributed by atoms with Crippen LogP contribution in [0.1, 0.15) is 10.6 Å². The molecule has 15 heavy (non-hydrogen) atoms. The van der Waals surface area contributed by atoms with Crippen molar-refractivity contribution in [3.8, 4) is 11.5 Å². The van der Waals surface area contributed by atoms with Gasteiger partial charge in [-0.15, -0.1) is 0 Å². The molecule has 76 valence electrons. The Kier molecular flexibility index (Phi) is 2.17. The topological polar surface area (TPSA) is 76.2 Å². The van der Waals surface area contributed by atoms with Crippen molar-refractivity contribution in [1.82, 2.24) is 10.1 Å². The molecule has 0 bridgehead atoms. The van der Waals surface area contributed by atoms with Gasteiger partial charge in [0, 0.05) is 5.56 Å². The Morgan fingerprint density at radius 1 is 1.33 bits per heavy atom. The molecule has 0 atom stereocenters. The van der Waals surface area contributed by atoms with E-state index in [-0.39, 0.29) is 5.89 Å². The average molecular weight is 208 g/mol. The van der Waals surface area contributed by atoms with Gasteiger partial charge in [-0.25, -0.2) is 9.18 Å². The van der Waals surface area contributed by atoms with E-state index in [1.807, 2.05) is 0 Å². The first-order valence-electron chi connectivity index (χ1n) is 4.00. The van der Waals surface area contributed by atoms with E-state index in [4.69, 9.17) is 5.11 Å². The molecule has 0 amide bonds. The van der Waals surface area contributed by atoms with E-state index in [1.165, 1.54) is 24.3 Å². The van der Waals surface area contributed by atoms with Gasteiger partial charge in [0.25, 0.3) is 11.7 Å². The summed E-state index contributed by atoms with van der Waals surface area (Å²) in [6.45, 7) is 0. The number of benzene rings is 1. The first kappa shape index (κ1) is 9.32. The van der Waals surface area contributed by atoms with Crippen molar-refractivity contribution < 1.29 is 18.8 Å². The van der Waals surface area contributed by atoms with Crippen LogP contribution in [0.4, 0.5) is 4.39 Å². The first-order chi connectivity index (χ1) is 7.16. The van der Waals surface area contributed by atoms with Gasteiger partial charge >= 0.3 is 5.97 Å². The van der Waals surface area contributed by atoms with Crippen LogP contribution in [0.2, 0.25) is 0 Å². The van der Waals surface area contributed by atoms with Crippen LogP contribution in [0.15, 0.2) is 28.8 Å². The van der Waals surface area contributed by atoms with Gasteiger partial charge in [-0.05, 0) is 29.4 Å². The minimum Gasteiger partial charge on any atom is -0.475 e. The summed E-state index contributed by atoms with van der Waals surface area (Å²) < 4.78 is 17.3. The van der Waals surface area contributed by atoms with Gasteiger partial charge in [0.1, 0.15) is 5.82 Å². The number of carboxylic acids is 1. The summed E-state index contributed by atoms with van der Waals surface area (Å²) in [7, 11) is 0. The largest absolute Gasteiger partial charge is 0.475 e. The minimum absolute atomic E-state index is 0.0485. The third kappa shape index (κ3) is 1.83. The van der Waals surface area contributed by atoms with E-state index in [9.17, 15) is 9.18 Å². The fourth-order valence-electron chi connectivity index (χ4n) is 1.02. The molecule has 1 aromatic carbocycles. The summed E-state index contributed by atoms with van der Waals surface area (Å²) in [5.41, 5.74) is 0.469. The van der Waals surface area contributed by atoms with Gasteiger partial charge in [0.2, 0.25) is 0 Å². The van der Waals surface area contributed by atoms with Gasteiger partial charge in [-0.1, -0.05) is 0 Å². The van der Waals surface area contributed by atoms with Crippen molar-refractivity contribution in [2.24, 2.45) is 0 Å². The Morgan fingerprint density at radius 3 is 2.53 bits per heavy atom. The lowest BCUT2D eigenvalue weighted by Gasteiger charge is -1.91. The van der Waals surface area contributed by atoms with Crippen molar-refractivity contribution in [1.29, 1.82) is 0 Å². The summed E-state index contributed by atoms with van der Waals surface area (Å²) in [4.78, 5) is 14.1. The molecule has 2 aromatic rings. The first-order valence-corrected chi connectivity index (χ1v) is 4.00. The number of carbonyl (C=O) groups is 1. The third-order valence-electron chi connectivity index (χ3n) is 1.71.